The Morgan fingerprint density at radius 1 is 1.12 bits per heavy atom. The Hall–Kier alpha value is -3.89. The number of carboxylic acid groups (broad SMARTS) is 1. The van der Waals surface area contributed by atoms with Gasteiger partial charge in [-0.15, -0.1) is 0 Å². The molecule has 1 aliphatic rings. The summed E-state index contributed by atoms with van der Waals surface area (Å²) in [5.74, 6) is -2.03. The minimum absolute atomic E-state index is 0.000805. The van der Waals surface area contributed by atoms with Gasteiger partial charge in [0.2, 0.25) is 5.91 Å². The van der Waals surface area contributed by atoms with E-state index in [9.17, 15) is 24.3 Å². The Labute approximate surface area is 190 Å². The SMILES string of the molecule is CCOC(=O)N1CCN(C(=O)[C@@H](CC(=O)O)NC(=O)c2cc(OC)c3ccccc3n2)CC1. The van der Waals surface area contributed by atoms with Crippen LogP contribution in [-0.4, -0.2) is 89.7 Å². The molecule has 11 nitrogen and oxygen atoms in total. The van der Waals surface area contributed by atoms with Crippen LogP contribution in [0.4, 0.5) is 4.79 Å². The lowest BCUT2D eigenvalue weighted by molar-refractivity contribution is -0.143. The summed E-state index contributed by atoms with van der Waals surface area (Å²) in [6.07, 6.45) is -1.05. The first-order valence-electron chi connectivity index (χ1n) is 10.5. The van der Waals surface area contributed by atoms with Crippen molar-refractivity contribution in [3.8, 4) is 5.75 Å². The molecule has 0 spiro atoms. The number of carbonyl (C=O) groups excluding carboxylic acids is 3. The number of piperazine rings is 1. The van der Waals surface area contributed by atoms with Crippen LogP contribution in [0, 0.1) is 0 Å². The second kappa shape index (κ2) is 10.6. The number of carboxylic acids is 1. The lowest BCUT2D eigenvalue weighted by Crippen LogP contribution is -2.56. The molecule has 2 N–H and O–H groups in total. The van der Waals surface area contributed by atoms with Crippen molar-refractivity contribution >= 4 is 34.8 Å². The van der Waals surface area contributed by atoms with Gasteiger partial charge in [-0.2, -0.15) is 0 Å². The first-order valence-corrected chi connectivity index (χ1v) is 10.5. The average Bonchev–Trinajstić information content (AvgIpc) is 2.82. The van der Waals surface area contributed by atoms with Crippen molar-refractivity contribution in [2.24, 2.45) is 0 Å². The van der Waals surface area contributed by atoms with Crippen molar-refractivity contribution < 1.29 is 33.8 Å². The van der Waals surface area contributed by atoms with Crippen LogP contribution in [0.3, 0.4) is 0 Å². The molecule has 1 saturated heterocycles. The molecule has 1 aromatic carbocycles. The molecule has 0 saturated carbocycles. The van der Waals surface area contributed by atoms with E-state index in [1.54, 1.807) is 25.1 Å². The molecule has 33 heavy (non-hydrogen) atoms. The Balaban J connectivity index is 1.74. The van der Waals surface area contributed by atoms with E-state index in [2.05, 4.69) is 10.3 Å². The Bertz CT molecular complexity index is 1050. The maximum atomic E-state index is 13.0. The number of ether oxygens (including phenoxy) is 2. The van der Waals surface area contributed by atoms with Gasteiger partial charge in [0, 0.05) is 37.6 Å². The number of benzene rings is 1. The van der Waals surface area contributed by atoms with Crippen molar-refractivity contribution in [2.45, 2.75) is 19.4 Å². The summed E-state index contributed by atoms with van der Waals surface area (Å²) in [5, 5.41) is 12.5. The summed E-state index contributed by atoms with van der Waals surface area (Å²) in [5.41, 5.74) is 0.527. The number of carbonyl (C=O) groups is 4. The van der Waals surface area contributed by atoms with Crippen molar-refractivity contribution in [1.82, 2.24) is 20.1 Å². The van der Waals surface area contributed by atoms with E-state index in [-0.39, 0.29) is 38.5 Å². The highest BCUT2D eigenvalue weighted by molar-refractivity contribution is 6.00. The fourth-order valence-electron chi connectivity index (χ4n) is 3.58. The summed E-state index contributed by atoms with van der Waals surface area (Å²) < 4.78 is 10.3. The van der Waals surface area contributed by atoms with E-state index in [0.717, 1.165) is 0 Å². The van der Waals surface area contributed by atoms with E-state index in [4.69, 9.17) is 9.47 Å². The van der Waals surface area contributed by atoms with Crippen molar-refractivity contribution in [3.63, 3.8) is 0 Å². The van der Waals surface area contributed by atoms with E-state index in [1.165, 1.54) is 23.0 Å². The standard InChI is InChI=1S/C22H26N4O7/c1-3-33-22(31)26-10-8-25(9-11-26)21(30)17(13-19(27)28)24-20(29)16-12-18(32-2)14-6-4-5-7-15(14)23-16/h4-7,12,17H,3,8-11,13H2,1-2H3,(H,24,29)(H,27,28)/t17-/m1/s1. The number of pyridine rings is 1. The van der Waals surface area contributed by atoms with E-state index in [0.29, 0.717) is 16.7 Å². The highest BCUT2D eigenvalue weighted by atomic mass is 16.6. The van der Waals surface area contributed by atoms with Gasteiger partial charge in [0.25, 0.3) is 5.91 Å². The lowest BCUT2D eigenvalue weighted by atomic mass is 10.1. The summed E-state index contributed by atoms with van der Waals surface area (Å²) in [4.78, 5) is 56.3. The van der Waals surface area contributed by atoms with E-state index < -0.39 is 36.3 Å². The Morgan fingerprint density at radius 2 is 1.79 bits per heavy atom. The predicted octanol–water partition coefficient (Wildman–Crippen LogP) is 1.12. The third-order valence-electron chi connectivity index (χ3n) is 5.23. The number of hydrogen-bond acceptors (Lipinski definition) is 7. The lowest BCUT2D eigenvalue weighted by Gasteiger charge is -2.35. The molecule has 0 bridgehead atoms. The molecule has 2 heterocycles. The number of rotatable bonds is 7. The van der Waals surface area contributed by atoms with E-state index >= 15 is 0 Å². The first kappa shape index (κ1) is 23.8. The fourth-order valence-corrected chi connectivity index (χ4v) is 3.58. The molecule has 0 aliphatic carbocycles. The minimum atomic E-state index is -1.29. The van der Waals surface area contributed by atoms with Crippen molar-refractivity contribution in [3.05, 3.63) is 36.0 Å². The zero-order chi connectivity index (χ0) is 24.0. The minimum Gasteiger partial charge on any atom is -0.496 e. The van der Waals surface area contributed by atoms with Gasteiger partial charge in [-0.1, -0.05) is 12.1 Å². The maximum Gasteiger partial charge on any atom is 0.409 e. The molecule has 3 amide bonds. The molecule has 2 aromatic rings. The number of para-hydroxylation sites is 1. The summed E-state index contributed by atoms with van der Waals surface area (Å²) in [6.45, 7) is 2.86. The molecular weight excluding hydrogens is 432 g/mol. The normalized spacial score (nSPS) is 14.5. The first-order chi connectivity index (χ1) is 15.8. The number of hydrogen-bond donors (Lipinski definition) is 2. The molecule has 0 radical (unpaired) electrons. The number of aromatic nitrogens is 1. The van der Waals surface area contributed by atoms with Crippen LogP contribution in [0.1, 0.15) is 23.8 Å². The Morgan fingerprint density at radius 3 is 2.42 bits per heavy atom. The maximum absolute atomic E-state index is 13.0. The number of methoxy groups -OCH3 is 1. The van der Waals surface area contributed by atoms with Gasteiger partial charge < -0.3 is 29.7 Å². The Kier molecular flexibility index (Phi) is 7.65. The van der Waals surface area contributed by atoms with Gasteiger partial charge in [0.05, 0.1) is 25.7 Å². The molecule has 1 aliphatic heterocycles. The summed E-state index contributed by atoms with van der Waals surface area (Å²) in [6, 6.07) is 7.26. The quantitative estimate of drug-likeness (QED) is 0.629. The van der Waals surface area contributed by atoms with Crippen LogP contribution < -0.4 is 10.1 Å². The van der Waals surface area contributed by atoms with Crippen LogP contribution in [0.2, 0.25) is 0 Å². The molecule has 1 aromatic heterocycles. The zero-order valence-electron chi connectivity index (χ0n) is 18.4. The van der Waals surface area contributed by atoms with Gasteiger partial charge in [0.15, 0.2) is 0 Å². The molecule has 11 heteroatoms. The van der Waals surface area contributed by atoms with Crippen LogP contribution in [0.5, 0.6) is 5.75 Å². The largest absolute Gasteiger partial charge is 0.496 e. The molecule has 3 rings (SSSR count). The van der Waals surface area contributed by atoms with Crippen LogP contribution in [0.25, 0.3) is 10.9 Å². The zero-order valence-corrected chi connectivity index (χ0v) is 18.4. The van der Waals surface area contributed by atoms with Crippen LogP contribution >= 0.6 is 0 Å². The fraction of sp³-hybridized carbons (Fsp3) is 0.409. The topological polar surface area (TPSA) is 138 Å². The monoisotopic (exact) mass is 458 g/mol. The average molecular weight is 458 g/mol. The van der Waals surface area contributed by atoms with Gasteiger partial charge in [-0.05, 0) is 19.1 Å². The molecule has 1 atom stereocenters. The van der Waals surface area contributed by atoms with Crippen molar-refractivity contribution in [2.75, 3.05) is 39.9 Å². The highest BCUT2D eigenvalue weighted by Crippen LogP contribution is 2.25. The number of amides is 3. The van der Waals surface area contributed by atoms with Gasteiger partial charge in [0.1, 0.15) is 17.5 Å². The highest BCUT2D eigenvalue weighted by Gasteiger charge is 2.32. The molecule has 0 unspecified atom stereocenters. The van der Waals surface area contributed by atoms with Crippen molar-refractivity contribution in [1.29, 1.82) is 0 Å². The number of fused-ring (bicyclic) bond motifs is 1. The smallest absolute Gasteiger partial charge is 0.409 e. The number of nitrogens with one attached hydrogen (secondary N) is 1. The molecule has 1 fully saturated rings. The summed E-state index contributed by atoms with van der Waals surface area (Å²) >= 11 is 0. The third kappa shape index (κ3) is 5.68. The van der Waals surface area contributed by atoms with Gasteiger partial charge >= 0.3 is 12.1 Å². The van der Waals surface area contributed by atoms with Crippen LogP contribution in [0.15, 0.2) is 30.3 Å². The van der Waals surface area contributed by atoms with Crippen LogP contribution in [-0.2, 0) is 14.3 Å². The van der Waals surface area contributed by atoms with E-state index in [1.807, 2.05) is 6.07 Å². The molecular formula is C22H26N4O7. The van der Waals surface area contributed by atoms with Gasteiger partial charge in [-0.25, -0.2) is 9.78 Å². The van der Waals surface area contributed by atoms with Gasteiger partial charge in [-0.3, -0.25) is 14.4 Å². The predicted molar refractivity (Wildman–Crippen MR) is 117 cm³/mol. The molecule has 176 valence electrons. The second-order valence-electron chi connectivity index (χ2n) is 7.36. The third-order valence-corrected chi connectivity index (χ3v) is 5.23. The number of nitrogens with zero attached hydrogens (tertiary/aromatic N) is 3. The summed E-state index contributed by atoms with van der Waals surface area (Å²) in [7, 11) is 1.47. The second-order valence-corrected chi connectivity index (χ2v) is 7.36. The number of aliphatic carboxylic acids is 1.